The molecule has 4 rings (SSSR count). The molecule has 3 aromatic rings. The van der Waals surface area contributed by atoms with Crippen LogP contribution in [0.25, 0.3) is 11.3 Å². The molecule has 0 saturated carbocycles. The number of nitrogens with one attached hydrogen (secondary N) is 1. The van der Waals surface area contributed by atoms with Gasteiger partial charge in [0.05, 0.1) is 28.8 Å². The molecule has 1 aliphatic heterocycles. The van der Waals surface area contributed by atoms with Gasteiger partial charge in [-0.2, -0.15) is 0 Å². The highest BCUT2D eigenvalue weighted by molar-refractivity contribution is 5.89. The van der Waals surface area contributed by atoms with E-state index in [0.717, 1.165) is 41.2 Å². The molecular formula is C21H22FN5O2. The Kier molecular flexibility index (Phi) is 5.24. The summed E-state index contributed by atoms with van der Waals surface area (Å²) in [5.41, 5.74) is 3.90. The number of rotatable bonds is 4. The second-order valence-electron chi connectivity index (χ2n) is 7.33. The van der Waals surface area contributed by atoms with E-state index >= 15 is 0 Å². The number of amides is 2. The quantitative estimate of drug-likeness (QED) is 0.722. The number of halogens is 1. The number of likely N-dealkylation sites (tertiary alicyclic amines) is 1. The van der Waals surface area contributed by atoms with Crippen LogP contribution in [0.2, 0.25) is 0 Å². The highest BCUT2D eigenvalue weighted by atomic mass is 19.1. The van der Waals surface area contributed by atoms with Crippen LogP contribution in [0.3, 0.4) is 0 Å². The van der Waals surface area contributed by atoms with Gasteiger partial charge in [-0.25, -0.2) is 9.18 Å². The van der Waals surface area contributed by atoms with Crippen LogP contribution in [-0.2, 0) is 6.42 Å². The van der Waals surface area contributed by atoms with Gasteiger partial charge in [-0.05, 0) is 56.9 Å². The SMILES string of the molecule is Cc1noc(C)c1-c1cnc(C[C@H]2CCN(C(=O)Nc3ccc(F)cc3)C2)cn1. The van der Waals surface area contributed by atoms with Crippen LogP contribution < -0.4 is 5.32 Å². The molecule has 29 heavy (non-hydrogen) atoms. The molecule has 0 bridgehead atoms. The number of benzene rings is 1. The third kappa shape index (κ3) is 4.26. The molecular weight excluding hydrogens is 373 g/mol. The summed E-state index contributed by atoms with van der Waals surface area (Å²) in [4.78, 5) is 23.2. The van der Waals surface area contributed by atoms with Gasteiger partial charge < -0.3 is 14.7 Å². The first-order chi connectivity index (χ1) is 14.0. The van der Waals surface area contributed by atoms with Crippen molar-refractivity contribution in [3.63, 3.8) is 0 Å². The molecule has 3 heterocycles. The molecule has 1 aliphatic rings. The zero-order chi connectivity index (χ0) is 20.4. The Balaban J connectivity index is 1.34. The fourth-order valence-corrected chi connectivity index (χ4v) is 3.65. The van der Waals surface area contributed by atoms with Crippen molar-refractivity contribution >= 4 is 11.7 Å². The van der Waals surface area contributed by atoms with Crippen molar-refractivity contribution in [3.05, 3.63) is 59.6 Å². The fraction of sp³-hybridized carbons (Fsp3) is 0.333. The summed E-state index contributed by atoms with van der Waals surface area (Å²) in [6.45, 7) is 5.07. The van der Waals surface area contributed by atoms with Gasteiger partial charge in [-0.1, -0.05) is 5.16 Å². The van der Waals surface area contributed by atoms with Gasteiger partial charge >= 0.3 is 6.03 Å². The van der Waals surface area contributed by atoms with Crippen molar-refractivity contribution in [3.8, 4) is 11.3 Å². The Bertz CT molecular complexity index is 981. The summed E-state index contributed by atoms with van der Waals surface area (Å²) < 4.78 is 18.2. The van der Waals surface area contributed by atoms with E-state index in [1.807, 2.05) is 13.8 Å². The molecule has 0 unspecified atom stereocenters. The van der Waals surface area contributed by atoms with E-state index in [2.05, 4.69) is 20.4 Å². The number of nitrogens with zero attached hydrogens (tertiary/aromatic N) is 4. The topological polar surface area (TPSA) is 84.2 Å². The van der Waals surface area contributed by atoms with Crippen molar-refractivity contribution in [2.45, 2.75) is 26.7 Å². The first-order valence-electron chi connectivity index (χ1n) is 9.55. The zero-order valence-electron chi connectivity index (χ0n) is 16.4. The monoisotopic (exact) mass is 395 g/mol. The summed E-state index contributed by atoms with van der Waals surface area (Å²) in [5.74, 6) is 0.724. The average molecular weight is 395 g/mol. The third-order valence-corrected chi connectivity index (χ3v) is 5.16. The number of urea groups is 1. The largest absolute Gasteiger partial charge is 0.361 e. The number of carbonyl (C=O) groups excluding carboxylic acids is 1. The molecule has 0 radical (unpaired) electrons. The second kappa shape index (κ2) is 7.98. The Morgan fingerprint density at radius 3 is 2.69 bits per heavy atom. The van der Waals surface area contributed by atoms with Gasteiger partial charge in [0.25, 0.3) is 0 Å². The van der Waals surface area contributed by atoms with Crippen LogP contribution in [-0.4, -0.2) is 39.1 Å². The molecule has 1 aromatic carbocycles. The lowest BCUT2D eigenvalue weighted by molar-refractivity contribution is 0.220. The predicted molar refractivity (Wildman–Crippen MR) is 106 cm³/mol. The summed E-state index contributed by atoms with van der Waals surface area (Å²) >= 11 is 0. The highest BCUT2D eigenvalue weighted by Gasteiger charge is 2.27. The molecule has 1 saturated heterocycles. The number of hydrogen-bond donors (Lipinski definition) is 1. The first kappa shape index (κ1) is 19.0. The normalized spacial score (nSPS) is 16.2. The maximum atomic E-state index is 13.0. The van der Waals surface area contributed by atoms with Gasteiger partial charge in [-0.15, -0.1) is 0 Å². The van der Waals surface area contributed by atoms with E-state index in [9.17, 15) is 9.18 Å². The minimum absolute atomic E-state index is 0.168. The van der Waals surface area contributed by atoms with Crippen LogP contribution in [0.1, 0.15) is 23.6 Å². The van der Waals surface area contributed by atoms with Crippen molar-refractivity contribution in [1.29, 1.82) is 0 Å². The molecule has 7 nitrogen and oxygen atoms in total. The number of carbonyl (C=O) groups is 1. The van der Waals surface area contributed by atoms with Gasteiger partial charge in [-0.3, -0.25) is 9.97 Å². The maximum absolute atomic E-state index is 13.0. The standard InChI is InChI=1S/C21H22FN5O2/c1-13-20(14(2)29-26-13)19-11-23-18(10-24-19)9-15-7-8-27(12-15)21(28)25-17-5-3-16(22)4-6-17/h3-6,10-11,15H,7-9,12H2,1-2H3,(H,25,28)/t15-/m1/s1. The Morgan fingerprint density at radius 1 is 1.24 bits per heavy atom. The predicted octanol–water partition coefficient (Wildman–Crippen LogP) is 3.98. The summed E-state index contributed by atoms with van der Waals surface area (Å²) in [5, 5.41) is 6.76. The van der Waals surface area contributed by atoms with Crippen molar-refractivity contribution in [2.75, 3.05) is 18.4 Å². The third-order valence-electron chi connectivity index (χ3n) is 5.16. The number of aromatic nitrogens is 3. The fourth-order valence-electron chi connectivity index (χ4n) is 3.65. The lowest BCUT2D eigenvalue weighted by Crippen LogP contribution is -2.33. The summed E-state index contributed by atoms with van der Waals surface area (Å²) in [6, 6.07) is 5.59. The summed E-state index contributed by atoms with van der Waals surface area (Å²) in [7, 11) is 0. The van der Waals surface area contributed by atoms with Crippen LogP contribution >= 0.6 is 0 Å². The van der Waals surface area contributed by atoms with Gasteiger partial charge in [0.15, 0.2) is 0 Å². The van der Waals surface area contributed by atoms with Crippen molar-refractivity contribution < 1.29 is 13.7 Å². The smallest absolute Gasteiger partial charge is 0.321 e. The molecule has 8 heteroatoms. The highest BCUT2D eigenvalue weighted by Crippen LogP contribution is 2.25. The van der Waals surface area contributed by atoms with Crippen LogP contribution in [0.15, 0.2) is 41.2 Å². The molecule has 2 amide bonds. The number of aryl methyl sites for hydroxylation is 2. The van der Waals surface area contributed by atoms with Crippen LogP contribution in [0.4, 0.5) is 14.9 Å². The first-order valence-corrected chi connectivity index (χ1v) is 9.55. The van der Waals surface area contributed by atoms with E-state index in [1.54, 1.807) is 29.4 Å². The molecule has 0 spiro atoms. The van der Waals surface area contributed by atoms with E-state index in [4.69, 9.17) is 4.52 Å². The summed E-state index contributed by atoms with van der Waals surface area (Å²) in [6.07, 6.45) is 5.19. The maximum Gasteiger partial charge on any atom is 0.321 e. The molecule has 2 aromatic heterocycles. The minimum Gasteiger partial charge on any atom is -0.361 e. The zero-order valence-corrected chi connectivity index (χ0v) is 16.4. The van der Waals surface area contributed by atoms with Crippen molar-refractivity contribution in [2.24, 2.45) is 5.92 Å². The Morgan fingerprint density at radius 2 is 2.03 bits per heavy atom. The van der Waals surface area contributed by atoms with Crippen molar-refractivity contribution in [1.82, 2.24) is 20.0 Å². The van der Waals surface area contributed by atoms with Gasteiger partial charge in [0, 0.05) is 25.0 Å². The van der Waals surface area contributed by atoms with E-state index in [0.29, 0.717) is 24.7 Å². The van der Waals surface area contributed by atoms with Gasteiger partial charge in [0.2, 0.25) is 0 Å². The number of anilines is 1. The van der Waals surface area contributed by atoms with Gasteiger partial charge in [0.1, 0.15) is 11.6 Å². The number of hydrogen-bond acceptors (Lipinski definition) is 5. The average Bonchev–Trinajstić information content (AvgIpc) is 3.31. The second-order valence-corrected chi connectivity index (χ2v) is 7.33. The van der Waals surface area contributed by atoms with E-state index in [-0.39, 0.29) is 11.8 Å². The van der Waals surface area contributed by atoms with Crippen LogP contribution in [0, 0.1) is 25.6 Å². The molecule has 1 atom stereocenters. The minimum atomic E-state index is -0.328. The lowest BCUT2D eigenvalue weighted by atomic mass is 10.0. The lowest BCUT2D eigenvalue weighted by Gasteiger charge is -2.17. The van der Waals surface area contributed by atoms with E-state index in [1.165, 1.54) is 12.1 Å². The molecule has 150 valence electrons. The van der Waals surface area contributed by atoms with E-state index < -0.39 is 0 Å². The molecule has 0 aliphatic carbocycles. The molecule has 1 N–H and O–H groups in total. The Hall–Kier alpha value is -3.29. The van der Waals surface area contributed by atoms with Crippen LogP contribution in [0.5, 0.6) is 0 Å². The molecule has 1 fully saturated rings. The Labute approximate surface area is 168 Å².